The molecule has 0 saturated heterocycles. The first kappa shape index (κ1) is 13.4. The van der Waals surface area contributed by atoms with Crippen LogP contribution in [-0.4, -0.2) is 5.78 Å². The Morgan fingerprint density at radius 1 is 0.895 bits per heavy atom. The standard InChI is InChI=1S/C16H14F2O/c1-9-4-5-12(8-14(9)18)16(19)15-10(2)6-13(17)7-11(15)3/h4-8H,1-3H3. The maximum absolute atomic E-state index is 13.5. The van der Waals surface area contributed by atoms with E-state index in [0.717, 1.165) is 0 Å². The van der Waals surface area contributed by atoms with Gasteiger partial charge in [-0.15, -0.1) is 0 Å². The number of hydrogen-bond acceptors (Lipinski definition) is 1. The van der Waals surface area contributed by atoms with Crippen LogP contribution in [0.5, 0.6) is 0 Å². The molecule has 2 rings (SSSR count). The molecule has 0 atom stereocenters. The molecule has 1 nitrogen and oxygen atoms in total. The minimum absolute atomic E-state index is 0.279. The third-order valence-corrected chi connectivity index (χ3v) is 3.16. The molecular formula is C16H14F2O. The maximum atomic E-state index is 13.5. The third-order valence-electron chi connectivity index (χ3n) is 3.16. The summed E-state index contributed by atoms with van der Waals surface area (Å²) in [5, 5.41) is 0. The molecule has 0 bridgehead atoms. The highest BCUT2D eigenvalue weighted by Gasteiger charge is 2.16. The van der Waals surface area contributed by atoms with Crippen LogP contribution in [0.2, 0.25) is 0 Å². The van der Waals surface area contributed by atoms with E-state index in [4.69, 9.17) is 0 Å². The van der Waals surface area contributed by atoms with E-state index in [1.165, 1.54) is 18.2 Å². The van der Waals surface area contributed by atoms with Gasteiger partial charge in [0.05, 0.1) is 0 Å². The molecule has 2 aromatic carbocycles. The van der Waals surface area contributed by atoms with Gasteiger partial charge in [0.25, 0.3) is 0 Å². The van der Waals surface area contributed by atoms with Crippen LogP contribution in [-0.2, 0) is 0 Å². The predicted octanol–water partition coefficient (Wildman–Crippen LogP) is 4.12. The van der Waals surface area contributed by atoms with Crippen molar-refractivity contribution in [2.24, 2.45) is 0 Å². The van der Waals surface area contributed by atoms with Gasteiger partial charge in [-0.3, -0.25) is 4.79 Å². The van der Waals surface area contributed by atoms with E-state index >= 15 is 0 Å². The lowest BCUT2D eigenvalue weighted by atomic mass is 9.94. The van der Waals surface area contributed by atoms with Crippen LogP contribution in [0, 0.1) is 32.4 Å². The molecule has 0 saturated carbocycles. The predicted molar refractivity (Wildman–Crippen MR) is 70.4 cm³/mol. The van der Waals surface area contributed by atoms with Crippen molar-refractivity contribution in [2.45, 2.75) is 20.8 Å². The van der Waals surface area contributed by atoms with Crippen molar-refractivity contribution in [1.82, 2.24) is 0 Å². The average molecular weight is 260 g/mol. The van der Waals surface area contributed by atoms with Gasteiger partial charge in [0.15, 0.2) is 5.78 Å². The summed E-state index contributed by atoms with van der Waals surface area (Å²) < 4.78 is 26.7. The Labute approximate surface area is 110 Å². The number of carbonyl (C=O) groups is 1. The SMILES string of the molecule is Cc1ccc(C(=O)c2c(C)cc(F)cc2C)cc1F. The van der Waals surface area contributed by atoms with Gasteiger partial charge in [0.1, 0.15) is 11.6 Å². The number of carbonyl (C=O) groups excluding carboxylic acids is 1. The number of hydrogen-bond donors (Lipinski definition) is 0. The van der Waals surface area contributed by atoms with E-state index in [9.17, 15) is 13.6 Å². The molecule has 0 aliphatic rings. The maximum Gasteiger partial charge on any atom is 0.193 e. The monoisotopic (exact) mass is 260 g/mol. The summed E-state index contributed by atoms with van der Waals surface area (Å²) in [5.41, 5.74) is 2.32. The van der Waals surface area contributed by atoms with E-state index in [0.29, 0.717) is 22.3 Å². The number of benzene rings is 2. The van der Waals surface area contributed by atoms with Crippen molar-refractivity contribution in [3.8, 4) is 0 Å². The van der Waals surface area contributed by atoms with Crippen molar-refractivity contribution >= 4 is 5.78 Å². The van der Waals surface area contributed by atoms with E-state index < -0.39 is 5.82 Å². The minimum Gasteiger partial charge on any atom is -0.289 e. The van der Waals surface area contributed by atoms with Gasteiger partial charge >= 0.3 is 0 Å². The zero-order valence-electron chi connectivity index (χ0n) is 11.1. The highest BCUT2D eigenvalue weighted by molar-refractivity contribution is 6.10. The molecule has 0 aliphatic heterocycles. The lowest BCUT2D eigenvalue weighted by Gasteiger charge is -2.10. The summed E-state index contributed by atoms with van der Waals surface area (Å²) in [6, 6.07) is 7.00. The molecule has 0 aromatic heterocycles. The van der Waals surface area contributed by atoms with Crippen LogP contribution in [0.1, 0.15) is 32.6 Å². The molecule has 0 aliphatic carbocycles. The first-order valence-electron chi connectivity index (χ1n) is 5.97. The fourth-order valence-electron chi connectivity index (χ4n) is 2.15. The minimum atomic E-state index is -0.414. The van der Waals surface area contributed by atoms with Crippen molar-refractivity contribution < 1.29 is 13.6 Å². The molecule has 98 valence electrons. The Morgan fingerprint density at radius 3 is 2.00 bits per heavy atom. The van der Waals surface area contributed by atoms with Gasteiger partial charge in [-0.1, -0.05) is 12.1 Å². The summed E-state index contributed by atoms with van der Waals surface area (Å²) in [6.45, 7) is 4.99. The smallest absolute Gasteiger partial charge is 0.193 e. The van der Waals surface area contributed by atoms with Gasteiger partial charge in [-0.05, 0) is 55.7 Å². The molecule has 0 N–H and O–H groups in total. The molecule has 0 heterocycles. The number of halogens is 2. The Hall–Kier alpha value is -2.03. The van der Waals surface area contributed by atoms with Crippen molar-refractivity contribution in [2.75, 3.05) is 0 Å². The molecule has 19 heavy (non-hydrogen) atoms. The Bertz CT molecular complexity index is 637. The van der Waals surface area contributed by atoms with Crippen LogP contribution in [0.4, 0.5) is 8.78 Å². The third kappa shape index (κ3) is 2.55. The zero-order chi connectivity index (χ0) is 14.2. The fraction of sp³-hybridized carbons (Fsp3) is 0.188. The first-order chi connectivity index (χ1) is 8.90. The normalized spacial score (nSPS) is 10.6. The molecular weight excluding hydrogens is 246 g/mol. The van der Waals surface area contributed by atoms with E-state index in [1.807, 2.05) is 0 Å². The highest BCUT2D eigenvalue weighted by atomic mass is 19.1. The van der Waals surface area contributed by atoms with Gasteiger partial charge in [0, 0.05) is 11.1 Å². The van der Waals surface area contributed by atoms with Crippen molar-refractivity contribution in [1.29, 1.82) is 0 Å². The topological polar surface area (TPSA) is 17.1 Å². The lowest BCUT2D eigenvalue weighted by molar-refractivity contribution is 0.103. The second kappa shape index (κ2) is 4.92. The van der Waals surface area contributed by atoms with Crippen LogP contribution >= 0.6 is 0 Å². The molecule has 0 unspecified atom stereocenters. The van der Waals surface area contributed by atoms with Gasteiger partial charge < -0.3 is 0 Å². The summed E-state index contributed by atoms with van der Waals surface area (Å²) in [6.07, 6.45) is 0. The molecule has 2 aromatic rings. The lowest BCUT2D eigenvalue weighted by Crippen LogP contribution is -2.07. The summed E-state index contributed by atoms with van der Waals surface area (Å²) in [4.78, 5) is 12.4. The summed E-state index contributed by atoms with van der Waals surface area (Å²) >= 11 is 0. The Kier molecular flexibility index (Phi) is 3.47. The number of ketones is 1. The number of rotatable bonds is 2. The zero-order valence-corrected chi connectivity index (χ0v) is 11.1. The molecule has 0 spiro atoms. The Morgan fingerprint density at radius 2 is 1.47 bits per heavy atom. The van der Waals surface area contributed by atoms with Crippen molar-refractivity contribution in [3.05, 3.63) is 69.8 Å². The largest absolute Gasteiger partial charge is 0.289 e. The van der Waals surface area contributed by atoms with Crippen LogP contribution < -0.4 is 0 Å². The van der Waals surface area contributed by atoms with Gasteiger partial charge in [-0.2, -0.15) is 0 Å². The Balaban J connectivity index is 2.53. The molecule has 3 heteroatoms. The second-order valence-corrected chi connectivity index (χ2v) is 4.71. The van der Waals surface area contributed by atoms with Crippen LogP contribution in [0.25, 0.3) is 0 Å². The van der Waals surface area contributed by atoms with Crippen LogP contribution in [0.3, 0.4) is 0 Å². The second-order valence-electron chi connectivity index (χ2n) is 4.71. The van der Waals surface area contributed by atoms with Gasteiger partial charge in [0.2, 0.25) is 0 Å². The average Bonchev–Trinajstić information content (AvgIpc) is 2.31. The molecule has 0 radical (unpaired) electrons. The molecule has 0 amide bonds. The first-order valence-corrected chi connectivity index (χ1v) is 5.97. The van der Waals surface area contributed by atoms with E-state index in [-0.39, 0.29) is 17.2 Å². The van der Waals surface area contributed by atoms with E-state index in [2.05, 4.69) is 0 Å². The van der Waals surface area contributed by atoms with Crippen molar-refractivity contribution in [3.63, 3.8) is 0 Å². The molecule has 0 fully saturated rings. The fourth-order valence-corrected chi connectivity index (χ4v) is 2.15. The highest BCUT2D eigenvalue weighted by Crippen LogP contribution is 2.21. The van der Waals surface area contributed by atoms with Crippen LogP contribution in [0.15, 0.2) is 30.3 Å². The van der Waals surface area contributed by atoms with Gasteiger partial charge in [-0.25, -0.2) is 8.78 Å². The summed E-state index contributed by atoms with van der Waals surface area (Å²) in [7, 11) is 0. The number of aryl methyl sites for hydroxylation is 3. The quantitative estimate of drug-likeness (QED) is 0.742. The van der Waals surface area contributed by atoms with E-state index in [1.54, 1.807) is 32.9 Å². The summed E-state index contributed by atoms with van der Waals surface area (Å²) in [5.74, 6) is -1.07.